The van der Waals surface area contributed by atoms with E-state index in [2.05, 4.69) is 26.1 Å². The molecular weight excluding hydrogens is 432 g/mol. The Balaban J connectivity index is 2.54. The van der Waals surface area contributed by atoms with Crippen LogP contribution in [-0.4, -0.2) is 58.6 Å². The second-order valence-electron chi connectivity index (χ2n) is 12.1. The largest absolute Gasteiger partial charge is 0.466 e. The van der Waals surface area contributed by atoms with Gasteiger partial charge in [-0.3, -0.25) is 14.4 Å². The number of carbonyl (C=O) groups excluding carboxylic acids is 3. The molecule has 2 amide bonds. The summed E-state index contributed by atoms with van der Waals surface area (Å²) in [7, 11) is 0. The maximum Gasteiger partial charge on any atom is 0.310 e. The summed E-state index contributed by atoms with van der Waals surface area (Å²) < 4.78 is 5.38. The first-order chi connectivity index (χ1) is 15.7. The van der Waals surface area contributed by atoms with E-state index in [1.165, 1.54) is 0 Å². The summed E-state index contributed by atoms with van der Waals surface area (Å²) in [6.45, 7) is 18.0. The summed E-state index contributed by atoms with van der Waals surface area (Å²) in [6, 6.07) is -1.31. The van der Waals surface area contributed by atoms with Crippen LogP contribution in [0, 0.1) is 35.0 Å². The van der Waals surface area contributed by atoms with Gasteiger partial charge in [-0.2, -0.15) is 0 Å². The summed E-state index contributed by atoms with van der Waals surface area (Å²) >= 11 is 0. The molecule has 1 heterocycles. The number of esters is 1. The predicted molar refractivity (Wildman–Crippen MR) is 133 cm³/mol. The van der Waals surface area contributed by atoms with Crippen LogP contribution in [0.15, 0.2) is 12.2 Å². The van der Waals surface area contributed by atoms with Crippen molar-refractivity contribution in [1.82, 2.24) is 10.2 Å². The van der Waals surface area contributed by atoms with Crippen molar-refractivity contribution in [3.63, 3.8) is 0 Å². The Labute approximate surface area is 205 Å². The maximum absolute atomic E-state index is 13.9. The molecule has 0 saturated carbocycles. The number of allylic oxidation sites excluding steroid dienone is 1. The molecule has 1 aliphatic heterocycles. The Hall–Kier alpha value is -1.89. The van der Waals surface area contributed by atoms with Crippen LogP contribution in [0.4, 0.5) is 0 Å². The lowest BCUT2D eigenvalue weighted by Gasteiger charge is -2.39. The summed E-state index contributed by atoms with van der Waals surface area (Å²) in [5.41, 5.74) is -0.482. The molecule has 0 aromatic heterocycles. The number of fused-ring (bicyclic) bond motifs is 1. The smallest absolute Gasteiger partial charge is 0.310 e. The monoisotopic (exact) mass is 478 g/mol. The molecule has 1 aliphatic carbocycles. The molecule has 0 radical (unpaired) electrons. The number of nitrogens with zero attached hydrogens (tertiary/aromatic N) is 1. The molecule has 2 rings (SSSR count). The van der Waals surface area contributed by atoms with Crippen molar-refractivity contribution in [2.75, 3.05) is 13.2 Å². The van der Waals surface area contributed by atoms with Crippen LogP contribution in [0.25, 0.3) is 0 Å². The van der Waals surface area contributed by atoms with Crippen LogP contribution < -0.4 is 5.32 Å². The van der Waals surface area contributed by atoms with Gasteiger partial charge in [0.25, 0.3) is 0 Å². The van der Waals surface area contributed by atoms with Gasteiger partial charge in [0.15, 0.2) is 0 Å². The van der Waals surface area contributed by atoms with Crippen molar-refractivity contribution in [2.45, 2.75) is 92.8 Å². The highest BCUT2D eigenvalue weighted by Crippen LogP contribution is 2.46. The second-order valence-corrected chi connectivity index (χ2v) is 12.1. The van der Waals surface area contributed by atoms with Gasteiger partial charge in [0.2, 0.25) is 11.8 Å². The van der Waals surface area contributed by atoms with Crippen molar-refractivity contribution in [2.24, 2.45) is 35.0 Å². The molecule has 1 fully saturated rings. The molecule has 2 N–H and O–H groups in total. The number of rotatable bonds is 9. The van der Waals surface area contributed by atoms with E-state index in [1.54, 1.807) is 11.8 Å². The van der Waals surface area contributed by atoms with Gasteiger partial charge in [0, 0.05) is 11.5 Å². The van der Waals surface area contributed by atoms with Crippen LogP contribution in [0.2, 0.25) is 0 Å². The Kier molecular flexibility index (Phi) is 9.00. The average Bonchev–Trinajstić information content (AvgIpc) is 2.98. The molecule has 0 bridgehead atoms. The minimum Gasteiger partial charge on any atom is -0.466 e. The molecule has 34 heavy (non-hydrogen) atoms. The number of nitrogens with one attached hydrogen (secondary N) is 1. The normalized spacial score (nSPS) is 28.1. The third-order valence-corrected chi connectivity index (χ3v) is 7.09. The van der Waals surface area contributed by atoms with Crippen molar-refractivity contribution in [3.8, 4) is 0 Å². The minimum absolute atomic E-state index is 0.00413. The van der Waals surface area contributed by atoms with Crippen LogP contribution >= 0.6 is 0 Å². The zero-order chi connectivity index (χ0) is 26.0. The molecule has 1 saturated heterocycles. The first kappa shape index (κ1) is 28.3. The quantitative estimate of drug-likeness (QED) is 0.390. The summed E-state index contributed by atoms with van der Waals surface area (Å²) in [4.78, 5) is 42.3. The Morgan fingerprint density at radius 2 is 1.76 bits per heavy atom. The third kappa shape index (κ3) is 6.02. The molecule has 2 aliphatic rings. The van der Waals surface area contributed by atoms with E-state index in [0.29, 0.717) is 6.42 Å². The summed E-state index contributed by atoms with van der Waals surface area (Å²) in [5, 5.41) is 13.4. The van der Waals surface area contributed by atoms with Crippen LogP contribution in [0.1, 0.15) is 75.2 Å². The number of aliphatic hydroxyl groups excluding tert-OH is 1. The van der Waals surface area contributed by atoms with E-state index in [0.717, 1.165) is 6.42 Å². The number of amides is 2. The number of hydrogen-bond donors (Lipinski definition) is 2. The number of aliphatic hydroxyl groups is 1. The number of ether oxygens (including phenoxy) is 1. The third-order valence-electron chi connectivity index (χ3n) is 7.09. The van der Waals surface area contributed by atoms with Crippen LogP contribution in [-0.2, 0) is 19.1 Å². The van der Waals surface area contributed by atoms with E-state index in [9.17, 15) is 19.5 Å². The Morgan fingerprint density at radius 3 is 2.24 bits per heavy atom. The predicted octanol–water partition coefficient (Wildman–Crippen LogP) is 3.55. The SMILES string of the molecule is CCOC(=O)[C@H]1[C@@H]2C(=O)N([C@@H](CO)C(C)C)[C@H](C(=O)NC(C)(C)CC(C)(C)C)[C@H]2C=C[C@H]1CC. The fourth-order valence-corrected chi connectivity index (χ4v) is 6.15. The van der Waals surface area contributed by atoms with Gasteiger partial charge in [-0.05, 0) is 50.9 Å². The fraction of sp³-hybridized carbons (Fsp3) is 0.815. The highest BCUT2D eigenvalue weighted by Gasteiger charge is 2.59. The molecule has 0 unspecified atom stereocenters. The zero-order valence-corrected chi connectivity index (χ0v) is 22.6. The van der Waals surface area contributed by atoms with E-state index in [-0.39, 0.29) is 48.2 Å². The van der Waals surface area contributed by atoms with E-state index >= 15 is 0 Å². The first-order valence-corrected chi connectivity index (χ1v) is 12.8. The van der Waals surface area contributed by atoms with Gasteiger partial charge in [0.1, 0.15) is 6.04 Å². The highest BCUT2D eigenvalue weighted by molar-refractivity contribution is 5.96. The second kappa shape index (κ2) is 10.8. The van der Waals surface area contributed by atoms with Gasteiger partial charge in [-0.15, -0.1) is 0 Å². The molecule has 6 atom stereocenters. The van der Waals surface area contributed by atoms with E-state index in [1.807, 2.05) is 46.8 Å². The number of hydrogen-bond acceptors (Lipinski definition) is 5. The Bertz CT molecular complexity index is 782. The van der Waals surface area contributed by atoms with Crippen LogP contribution in [0.3, 0.4) is 0 Å². The molecule has 0 aromatic rings. The topological polar surface area (TPSA) is 95.9 Å². The number of carbonyl (C=O) groups is 3. The molecule has 0 aromatic carbocycles. The lowest BCUT2D eigenvalue weighted by Crippen LogP contribution is -2.57. The average molecular weight is 479 g/mol. The van der Waals surface area contributed by atoms with Gasteiger partial charge >= 0.3 is 5.97 Å². The van der Waals surface area contributed by atoms with Gasteiger partial charge in [0.05, 0.1) is 31.1 Å². The lowest BCUT2D eigenvalue weighted by molar-refractivity contribution is -0.156. The summed E-state index contributed by atoms with van der Waals surface area (Å²) in [6.07, 6.45) is 5.37. The first-order valence-electron chi connectivity index (χ1n) is 12.8. The maximum atomic E-state index is 13.9. The van der Waals surface area contributed by atoms with Crippen molar-refractivity contribution < 1.29 is 24.2 Å². The number of likely N-dealkylation sites (tertiary alicyclic amines) is 1. The summed E-state index contributed by atoms with van der Waals surface area (Å²) in [5.74, 6) is -2.83. The molecule has 0 spiro atoms. The molecule has 194 valence electrons. The van der Waals surface area contributed by atoms with E-state index in [4.69, 9.17) is 4.74 Å². The van der Waals surface area contributed by atoms with Gasteiger partial charge in [-0.25, -0.2) is 0 Å². The molecule has 7 nitrogen and oxygen atoms in total. The van der Waals surface area contributed by atoms with Gasteiger partial charge < -0.3 is 20.1 Å². The standard InChI is InChI=1S/C27H46N2O5/c1-10-17-12-13-18-21(20(17)25(33)34-11-2)24(32)29(19(14-30)16(3)4)22(18)23(31)28-27(8,9)15-26(5,6)7/h12-13,16-22,30H,10-11,14-15H2,1-9H3,(H,28,31)/t17-,18+,19+,20-,21-,22+/m1/s1. The highest BCUT2D eigenvalue weighted by atomic mass is 16.5. The van der Waals surface area contributed by atoms with Crippen molar-refractivity contribution in [3.05, 3.63) is 12.2 Å². The lowest BCUT2D eigenvalue weighted by atomic mass is 9.69. The molecular formula is C27H46N2O5. The Morgan fingerprint density at radius 1 is 1.15 bits per heavy atom. The van der Waals surface area contributed by atoms with Crippen LogP contribution in [0.5, 0.6) is 0 Å². The van der Waals surface area contributed by atoms with Crippen molar-refractivity contribution >= 4 is 17.8 Å². The zero-order valence-electron chi connectivity index (χ0n) is 22.6. The molecule has 7 heteroatoms. The fourth-order valence-electron chi connectivity index (χ4n) is 6.15. The van der Waals surface area contributed by atoms with E-state index < -0.39 is 35.4 Å². The van der Waals surface area contributed by atoms with Gasteiger partial charge in [-0.1, -0.05) is 53.7 Å². The van der Waals surface area contributed by atoms with Crippen molar-refractivity contribution in [1.29, 1.82) is 0 Å². The minimum atomic E-state index is -0.790.